The van der Waals surface area contributed by atoms with E-state index in [1.165, 1.54) is 7.11 Å². The summed E-state index contributed by atoms with van der Waals surface area (Å²) in [4.78, 5) is 23.4. The van der Waals surface area contributed by atoms with Crippen LogP contribution in [0, 0.1) is 0 Å². The molecule has 0 aromatic heterocycles. The SMILES string of the molecule is COc1ccccc1C(CC(=O)O)NC(=O)Cc1ccccc1. The molecule has 0 aliphatic rings. The zero-order valence-electron chi connectivity index (χ0n) is 12.9. The number of methoxy groups -OCH3 is 1. The monoisotopic (exact) mass is 313 g/mol. The van der Waals surface area contributed by atoms with Crippen LogP contribution in [0.3, 0.4) is 0 Å². The number of aliphatic carboxylic acids is 1. The maximum atomic E-state index is 12.2. The van der Waals surface area contributed by atoms with Crippen LogP contribution in [0.5, 0.6) is 5.75 Å². The summed E-state index contributed by atoms with van der Waals surface area (Å²) >= 11 is 0. The lowest BCUT2D eigenvalue weighted by molar-refractivity contribution is -0.137. The van der Waals surface area contributed by atoms with Crippen LogP contribution in [-0.4, -0.2) is 24.1 Å². The van der Waals surface area contributed by atoms with Crippen LogP contribution in [0.15, 0.2) is 54.6 Å². The minimum absolute atomic E-state index is 0.201. The number of carboxylic acid groups (broad SMARTS) is 1. The van der Waals surface area contributed by atoms with Crippen molar-refractivity contribution in [2.45, 2.75) is 18.9 Å². The molecule has 2 aromatic rings. The summed E-state index contributed by atoms with van der Waals surface area (Å²) in [7, 11) is 1.52. The Kier molecular flexibility index (Phi) is 5.74. The van der Waals surface area contributed by atoms with E-state index in [4.69, 9.17) is 9.84 Å². The topological polar surface area (TPSA) is 75.6 Å². The summed E-state index contributed by atoms with van der Waals surface area (Å²) < 4.78 is 5.26. The quantitative estimate of drug-likeness (QED) is 0.824. The Morgan fingerprint density at radius 2 is 1.74 bits per heavy atom. The number of ether oxygens (including phenoxy) is 1. The van der Waals surface area contributed by atoms with E-state index in [1.807, 2.05) is 30.3 Å². The molecule has 120 valence electrons. The molecule has 0 saturated carbocycles. The molecular formula is C18H19NO4. The molecule has 5 heteroatoms. The number of amides is 1. The minimum atomic E-state index is -0.985. The molecule has 0 bridgehead atoms. The lowest BCUT2D eigenvalue weighted by Crippen LogP contribution is -2.31. The Morgan fingerprint density at radius 1 is 1.09 bits per heavy atom. The van der Waals surface area contributed by atoms with Gasteiger partial charge in [0.05, 0.1) is 26.0 Å². The van der Waals surface area contributed by atoms with Gasteiger partial charge in [-0.05, 0) is 11.6 Å². The number of carbonyl (C=O) groups excluding carboxylic acids is 1. The molecule has 0 aliphatic heterocycles. The van der Waals surface area contributed by atoms with Gasteiger partial charge in [-0.2, -0.15) is 0 Å². The summed E-state index contributed by atoms with van der Waals surface area (Å²) in [6, 6.07) is 15.8. The van der Waals surface area contributed by atoms with Crippen molar-refractivity contribution in [1.82, 2.24) is 5.32 Å². The normalized spacial score (nSPS) is 11.5. The fraction of sp³-hybridized carbons (Fsp3) is 0.222. The number of carboxylic acids is 1. The molecule has 0 heterocycles. The van der Waals surface area contributed by atoms with Crippen LogP contribution < -0.4 is 10.1 Å². The van der Waals surface area contributed by atoms with Crippen LogP contribution >= 0.6 is 0 Å². The van der Waals surface area contributed by atoms with Gasteiger partial charge in [0, 0.05) is 5.56 Å². The van der Waals surface area contributed by atoms with Crippen molar-refractivity contribution in [1.29, 1.82) is 0 Å². The second-order valence-electron chi connectivity index (χ2n) is 5.12. The largest absolute Gasteiger partial charge is 0.496 e. The summed E-state index contributed by atoms with van der Waals surface area (Å²) in [6.07, 6.45) is -0.00693. The number of hydrogen-bond acceptors (Lipinski definition) is 3. The lowest BCUT2D eigenvalue weighted by Gasteiger charge is -2.20. The zero-order chi connectivity index (χ0) is 16.7. The fourth-order valence-electron chi connectivity index (χ4n) is 2.39. The molecule has 0 aliphatic carbocycles. The zero-order valence-corrected chi connectivity index (χ0v) is 12.9. The van der Waals surface area contributed by atoms with E-state index in [-0.39, 0.29) is 18.7 Å². The Bertz CT molecular complexity index is 670. The van der Waals surface area contributed by atoms with E-state index in [0.717, 1.165) is 5.56 Å². The Morgan fingerprint density at radius 3 is 2.39 bits per heavy atom. The van der Waals surface area contributed by atoms with E-state index in [2.05, 4.69) is 5.32 Å². The average molecular weight is 313 g/mol. The molecule has 0 saturated heterocycles. The first-order valence-electron chi connectivity index (χ1n) is 7.28. The highest BCUT2D eigenvalue weighted by molar-refractivity contribution is 5.80. The van der Waals surface area contributed by atoms with Crippen molar-refractivity contribution in [2.24, 2.45) is 0 Å². The van der Waals surface area contributed by atoms with E-state index in [1.54, 1.807) is 24.3 Å². The van der Waals surface area contributed by atoms with Crippen molar-refractivity contribution < 1.29 is 19.4 Å². The number of rotatable bonds is 7. The second kappa shape index (κ2) is 7.98. The van der Waals surface area contributed by atoms with Gasteiger partial charge in [-0.3, -0.25) is 9.59 Å². The fourth-order valence-corrected chi connectivity index (χ4v) is 2.39. The predicted octanol–water partition coefficient (Wildman–Crippen LogP) is 2.57. The van der Waals surface area contributed by atoms with E-state index < -0.39 is 12.0 Å². The third-order valence-electron chi connectivity index (χ3n) is 3.44. The van der Waals surface area contributed by atoms with Crippen LogP contribution in [0.4, 0.5) is 0 Å². The minimum Gasteiger partial charge on any atom is -0.496 e. The highest BCUT2D eigenvalue weighted by Crippen LogP contribution is 2.27. The second-order valence-corrected chi connectivity index (χ2v) is 5.12. The van der Waals surface area contributed by atoms with Gasteiger partial charge in [0.2, 0.25) is 5.91 Å². The van der Waals surface area contributed by atoms with Crippen molar-refractivity contribution >= 4 is 11.9 Å². The van der Waals surface area contributed by atoms with Gasteiger partial charge in [0.15, 0.2) is 0 Å². The molecule has 5 nitrogen and oxygen atoms in total. The highest BCUT2D eigenvalue weighted by Gasteiger charge is 2.21. The first kappa shape index (κ1) is 16.5. The average Bonchev–Trinajstić information content (AvgIpc) is 2.54. The third-order valence-corrected chi connectivity index (χ3v) is 3.44. The smallest absolute Gasteiger partial charge is 0.305 e. The number of hydrogen-bond donors (Lipinski definition) is 2. The molecule has 0 spiro atoms. The van der Waals surface area contributed by atoms with Gasteiger partial charge in [0.1, 0.15) is 5.75 Å². The Hall–Kier alpha value is -2.82. The van der Waals surface area contributed by atoms with Gasteiger partial charge in [0.25, 0.3) is 0 Å². The van der Waals surface area contributed by atoms with E-state index in [9.17, 15) is 9.59 Å². The molecule has 2 N–H and O–H groups in total. The number of benzene rings is 2. The van der Waals surface area contributed by atoms with Crippen LogP contribution in [-0.2, 0) is 16.0 Å². The molecule has 1 atom stereocenters. The maximum absolute atomic E-state index is 12.2. The molecule has 1 amide bonds. The molecule has 0 fully saturated rings. The van der Waals surface area contributed by atoms with Gasteiger partial charge in [-0.15, -0.1) is 0 Å². The van der Waals surface area contributed by atoms with Gasteiger partial charge in [-0.1, -0.05) is 48.5 Å². The molecule has 23 heavy (non-hydrogen) atoms. The lowest BCUT2D eigenvalue weighted by atomic mass is 10.0. The number of para-hydroxylation sites is 1. The number of carbonyl (C=O) groups is 2. The third kappa shape index (κ3) is 4.85. The van der Waals surface area contributed by atoms with Gasteiger partial charge >= 0.3 is 5.97 Å². The first-order valence-corrected chi connectivity index (χ1v) is 7.28. The summed E-state index contributed by atoms with van der Waals surface area (Å²) in [5.74, 6) is -0.659. The van der Waals surface area contributed by atoms with Crippen molar-refractivity contribution in [3.05, 3.63) is 65.7 Å². The van der Waals surface area contributed by atoms with Crippen LogP contribution in [0.25, 0.3) is 0 Å². The predicted molar refractivity (Wildman–Crippen MR) is 86.3 cm³/mol. The summed E-state index contributed by atoms with van der Waals surface area (Å²) in [5, 5.41) is 11.9. The van der Waals surface area contributed by atoms with Crippen LogP contribution in [0.2, 0.25) is 0 Å². The molecule has 1 unspecified atom stereocenters. The highest BCUT2D eigenvalue weighted by atomic mass is 16.5. The van der Waals surface area contributed by atoms with E-state index in [0.29, 0.717) is 11.3 Å². The molecule has 2 aromatic carbocycles. The van der Waals surface area contributed by atoms with Crippen molar-refractivity contribution in [3.63, 3.8) is 0 Å². The Labute approximate surface area is 134 Å². The molecular weight excluding hydrogens is 294 g/mol. The maximum Gasteiger partial charge on any atom is 0.305 e. The summed E-state index contributed by atoms with van der Waals surface area (Å²) in [5.41, 5.74) is 1.53. The van der Waals surface area contributed by atoms with Gasteiger partial charge in [-0.25, -0.2) is 0 Å². The molecule has 0 radical (unpaired) electrons. The summed E-state index contributed by atoms with van der Waals surface area (Å²) in [6.45, 7) is 0. The first-order chi connectivity index (χ1) is 11.1. The van der Waals surface area contributed by atoms with Crippen molar-refractivity contribution in [3.8, 4) is 5.75 Å². The van der Waals surface area contributed by atoms with Gasteiger partial charge < -0.3 is 15.2 Å². The van der Waals surface area contributed by atoms with Crippen molar-refractivity contribution in [2.75, 3.05) is 7.11 Å². The number of nitrogens with one attached hydrogen (secondary N) is 1. The Balaban J connectivity index is 2.15. The van der Waals surface area contributed by atoms with E-state index >= 15 is 0 Å². The van der Waals surface area contributed by atoms with Crippen LogP contribution in [0.1, 0.15) is 23.6 Å². The standard InChI is InChI=1S/C18H19NO4/c1-23-16-10-6-5-9-14(16)15(12-18(21)22)19-17(20)11-13-7-3-2-4-8-13/h2-10,15H,11-12H2,1H3,(H,19,20)(H,21,22). The molecule has 2 rings (SSSR count).